The summed E-state index contributed by atoms with van der Waals surface area (Å²) < 4.78 is 28.1. The van der Waals surface area contributed by atoms with Crippen molar-refractivity contribution in [2.45, 2.75) is 38.9 Å². The summed E-state index contributed by atoms with van der Waals surface area (Å²) in [5.41, 5.74) is 0. The van der Waals surface area contributed by atoms with Gasteiger partial charge in [0.15, 0.2) is 15.7 Å². The minimum absolute atomic E-state index is 0.0101. The summed E-state index contributed by atoms with van der Waals surface area (Å²) in [6.07, 6.45) is 6.06. The van der Waals surface area contributed by atoms with Gasteiger partial charge in [-0.1, -0.05) is 30.7 Å². The second kappa shape index (κ2) is 6.54. The molecule has 1 aromatic rings. The first-order chi connectivity index (χ1) is 8.07. The van der Waals surface area contributed by atoms with Gasteiger partial charge in [-0.2, -0.15) is 4.98 Å². The van der Waals surface area contributed by atoms with Gasteiger partial charge in [0, 0.05) is 6.42 Å². The highest BCUT2D eigenvalue weighted by atomic mass is 32.2. The molecular weight excluding hydrogens is 240 g/mol. The zero-order valence-electron chi connectivity index (χ0n) is 10.2. The molecule has 0 unspecified atom stereocenters. The smallest absolute Gasteiger partial charge is 0.241 e. The number of hydrogen-bond donors (Lipinski definition) is 0. The van der Waals surface area contributed by atoms with Crippen molar-refractivity contribution in [1.82, 2.24) is 10.1 Å². The molecule has 0 amide bonds. The molecule has 0 radical (unpaired) electrons. The van der Waals surface area contributed by atoms with Crippen molar-refractivity contribution >= 4 is 9.84 Å². The van der Waals surface area contributed by atoms with Crippen LogP contribution in [0, 0.1) is 0 Å². The molecule has 0 aromatic carbocycles. The van der Waals surface area contributed by atoms with Crippen molar-refractivity contribution in [2.75, 3.05) is 5.75 Å². The Morgan fingerprint density at radius 2 is 2.18 bits per heavy atom. The van der Waals surface area contributed by atoms with Crippen molar-refractivity contribution in [3.63, 3.8) is 0 Å². The van der Waals surface area contributed by atoms with Crippen LogP contribution in [0.15, 0.2) is 16.7 Å². The van der Waals surface area contributed by atoms with E-state index in [4.69, 9.17) is 4.52 Å². The summed E-state index contributed by atoms with van der Waals surface area (Å²) in [5.74, 6) is 0.593. The summed E-state index contributed by atoms with van der Waals surface area (Å²) in [4.78, 5) is 4.06. The Hall–Kier alpha value is -1.17. The Morgan fingerprint density at radius 1 is 1.41 bits per heavy atom. The van der Waals surface area contributed by atoms with Crippen LogP contribution in [0.5, 0.6) is 0 Å². The first kappa shape index (κ1) is 13.9. The lowest BCUT2D eigenvalue weighted by molar-refractivity contribution is 0.382. The average molecular weight is 258 g/mol. The molecule has 0 N–H and O–H groups in total. The van der Waals surface area contributed by atoms with E-state index in [9.17, 15) is 8.42 Å². The van der Waals surface area contributed by atoms with Gasteiger partial charge in [0.2, 0.25) is 5.89 Å². The van der Waals surface area contributed by atoms with Crippen molar-refractivity contribution < 1.29 is 12.9 Å². The van der Waals surface area contributed by atoms with Crippen LogP contribution in [0.25, 0.3) is 0 Å². The fourth-order valence-corrected chi connectivity index (χ4v) is 2.37. The second-order valence-electron chi connectivity index (χ2n) is 3.83. The predicted molar refractivity (Wildman–Crippen MR) is 65.2 cm³/mol. The third kappa shape index (κ3) is 5.12. The summed E-state index contributed by atoms with van der Waals surface area (Å²) in [6.45, 7) is 3.85. The number of allylic oxidation sites excluding steroid dienone is 1. The standard InChI is InChI=1S/C11H18N2O3S/c1-3-5-7-10-12-11(16-13-10)9-17(14,15)8-6-4-2/h4,6H,3,5,7-9H2,1-2H3. The Balaban J connectivity index is 2.59. The van der Waals surface area contributed by atoms with E-state index in [1.165, 1.54) is 0 Å². The highest BCUT2D eigenvalue weighted by Gasteiger charge is 2.15. The largest absolute Gasteiger partial charge is 0.338 e. The van der Waals surface area contributed by atoms with E-state index >= 15 is 0 Å². The summed E-state index contributed by atoms with van der Waals surface area (Å²) in [5, 5.41) is 3.75. The summed E-state index contributed by atoms with van der Waals surface area (Å²) in [7, 11) is -3.19. The quantitative estimate of drug-likeness (QED) is 0.698. The number of aryl methyl sites for hydroxylation is 1. The van der Waals surface area contributed by atoms with Crippen molar-refractivity contribution in [3.8, 4) is 0 Å². The molecule has 0 saturated heterocycles. The van der Waals surface area contributed by atoms with Gasteiger partial charge < -0.3 is 4.52 Å². The fraction of sp³-hybridized carbons (Fsp3) is 0.636. The van der Waals surface area contributed by atoms with Gasteiger partial charge in [0.25, 0.3) is 0 Å². The molecule has 0 spiro atoms. The topological polar surface area (TPSA) is 73.1 Å². The molecular formula is C11H18N2O3S. The maximum atomic E-state index is 11.6. The molecule has 0 aliphatic rings. The molecule has 5 nitrogen and oxygen atoms in total. The van der Waals surface area contributed by atoms with E-state index in [0.717, 1.165) is 19.3 Å². The van der Waals surface area contributed by atoms with E-state index in [1.807, 2.05) is 0 Å². The number of hydrogen-bond acceptors (Lipinski definition) is 5. The Labute approximate surface area is 102 Å². The molecule has 17 heavy (non-hydrogen) atoms. The second-order valence-corrected chi connectivity index (χ2v) is 5.94. The summed E-state index contributed by atoms with van der Waals surface area (Å²) >= 11 is 0. The van der Waals surface area contributed by atoms with E-state index in [-0.39, 0.29) is 17.4 Å². The Morgan fingerprint density at radius 3 is 2.82 bits per heavy atom. The highest BCUT2D eigenvalue weighted by molar-refractivity contribution is 7.90. The van der Waals surface area contributed by atoms with Crippen molar-refractivity contribution in [3.05, 3.63) is 23.9 Å². The molecule has 0 bridgehead atoms. The van der Waals surface area contributed by atoms with Gasteiger partial charge in [-0.25, -0.2) is 8.42 Å². The maximum absolute atomic E-state index is 11.6. The van der Waals surface area contributed by atoms with Gasteiger partial charge >= 0.3 is 0 Å². The fourth-order valence-electron chi connectivity index (χ4n) is 1.28. The molecule has 0 fully saturated rings. The first-order valence-corrected chi connectivity index (χ1v) is 7.52. The molecule has 0 aliphatic heterocycles. The zero-order valence-corrected chi connectivity index (χ0v) is 11.0. The summed E-state index contributed by atoms with van der Waals surface area (Å²) in [6, 6.07) is 0. The minimum Gasteiger partial charge on any atom is -0.338 e. The number of rotatable bonds is 7. The third-order valence-electron chi connectivity index (χ3n) is 2.19. The minimum atomic E-state index is -3.19. The van der Waals surface area contributed by atoms with E-state index in [1.54, 1.807) is 19.1 Å². The van der Waals surface area contributed by atoms with Crippen LogP contribution in [-0.2, 0) is 22.0 Å². The van der Waals surface area contributed by atoms with Crippen LogP contribution in [0.4, 0.5) is 0 Å². The molecule has 1 aromatic heterocycles. The number of sulfone groups is 1. The first-order valence-electron chi connectivity index (χ1n) is 5.70. The average Bonchev–Trinajstić information content (AvgIpc) is 2.70. The third-order valence-corrected chi connectivity index (χ3v) is 3.58. The maximum Gasteiger partial charge on any atom is 0.241 e. The molecule has 0 aliphatic carbocycles. The zero-order chi connectivity index (χ0) is 12.7. The van der Waals surface area contributed by atoms with Gasteiger partial charge in [0.1, 0.15) is 5.75 Å². The highest BCUT2D eigenvalue weighted by Crippen LogP contribution is 2.07. The Bertz CT molecular complexity index is 463. The van der Waals surface area contributed by atoms with Gasteiger partial charge in [0.05, 0.1) is 5.75 Å². The lowest BCUT2D eigenvalue weighted by Gasteiger charge is -1.95. The van der Waals surface area contributed by atoms with Gasteiger partial charge in [-0.3, -0.25) is 0 Å². The van der Waals surface area contributed by atoms with Crippen LogP contribution in [-0.4, -0.2) is 24.3 Å². The van der Waals surface area contributed by atoms with Crippen LogP contribution in [0.2, 0.25) is 0 Å². The van der Waals surface area contributed by atoms with Crippen molar-refractivity contribution in [2.24, 2.45) is 0 Å². The van der Waals surface area contributed by atoms with E-state index in [0.29, 0.717) is 5.82 Å². The lowest BCUT2D eigenvalue weighted by atomic mass is 10.2. The number of unbranched alkanes of at least 4 members (excludes halogenated alkanes) is 1. The molecule has 6 heteroatoms. The van der Waals surface area contributed by atoms with E-state index < -0.39 is 9.84 Å². The van der Waals surface area contributed by atoms with Crippen molar-refractivity contribution in [1.29, 1.82) is 0 Å². The van der Waals surface area contributed by atoms with Gasteiger partial charge in [-0.15, -0.1) is 0 Å². The molecule has 0 saturated carbocycles. The van der Waals surface area contributed by atoms with Gasteiger partial charge in [-0.05, 0) is 13.3 Å². The normalized spacial score (nSPS) is 12.4. The molecule has 1 rings (SSSR count). The molecule has 1 heterocycles. The van der Waals surface area contributed by atoms with Crippen LogP contribution >= 0.6 is 0 Å². The number of nitrogens with zero attached hydrogens (tertiary/aromatic N) is 2. The Kier molecular flexibility index (Phi) is 5.34. The monoisotopic (exact) mass is 258 g/mol. The predicted octanol–water partition coefficient (Wildman–Crippen LogP) is 1.90. The molecule has 96 valence electrons. The van der Waals surface area contributed by atoms with Crippen LogP contribution in [0.1, 0.15) is 38.4 Å². The van der Waals surface area contributed by atoms with Crippen LogP contribution < -0.4 is 0 Å². The van der Waals surface area contributed by atoms with Crippen LogP contribution in [0.3, 0.4) is 0 Å². The lowest BCUT2D eigenvalue weighted by Crippen LogP contribution is -2.07. The van der Waals surface area contributed by atoms with E-state index in [2.05, 4.69) is 17.1 Å². The molecule has 0 atom stereocenters. The number of aromatic nitrogens is 2. The SMILES string of the molecule is CC=CCS(=O)(=O)Cc1nc(CCCC)no1.